The van der Waals surface area contributed by atoms with Gasteiger partial charge in [-0.15, -0.1) is 0 Å². The van der Waals surface area contributed by atoms with Crippen LogP contribution in [0.2, 0.25) is 0 Å². The van der Waals surface area contributed by atoms with Gasteiger partial charge in [0.25, 0.3) is 10.0 Å². The van der Waals surface area contributed by atoms with Gasteiger partial charge < -0.3 is 0 Å². The number of halogens is 1. The maximum atomic E-state index is 12.1. The largest absolute Gasteiger partial charge is 0.295 e. The first-order valence-electron chi connectivity index (χ1n) is 5.78. The van der Waals surface area contributed by atoms with Gasteiger partial charge in [0.05, 0.1) is 4.90 Å². The summed E-state index contributed by atoms with van der Waals surface area (Å²) in [4.78, 5) is 11.3. The zero-order valence-electron chi connectivity index (χ0n) is 10.6. The topological polar surface area (TPSA) is 63.2 Å². The number of carbonyl (C=O) groups is 1. The van der Waals surface area contributed by atoms with E-state index < -0.39 is 10.0 Å². The van der Waals surface area contributed by atoms with E-state index >= 15 is 0 Å². The number of carbonyl (C=O) groups excluding carboxylic acids is 1. The Hall–Kier alpha value is -1.66. The minimum atomic E-state index is -3.62. The Morgan fingerprint density at radius 2 is 1.55 bits per heavy atom. The molecule has 0 radical (unpaired) electrons. The first kappa shape index (κ1) is 14.7. The van der Waals surface area contributed by atoms with Crippen molar-refractivity contribution in [3.05, 3.63) is 58.6 Å². The summed E-state index contributed by atoms with van der Waals surface area (Å²) in [7, 11) is -3.62. The quantitative estimate of drug-likeness (QED) is 0.856. The molecule has 104 valence electrons. The summed E-state index contributed by atoms with van der Waals surface area (Å²) >= 11 is 3.25. The first-order valence-corrected chi connectivity index (χ1v) is 8.05. The zero-order valence-corrected chi connectivity index (χ0v) is 13.0. The number of Topliss-reactive ketones (excluding diaryl/α,β-unsaturated/α-hetero) is 1. The number of benzene rings is 2. The Labute approximate surface area is 126 Å². The fourth-order valence-corrected chi connectivity index (χ4v) is 2.92. The summed E-state index contributed by atoms with van der Waals surface area (Å²) < 4.78 is 27.6. The van der Waals surface area contributed by atoms with Gasteiger partial charge in [-0.05, 0) is 55.5 Å². The van der Waals surface area contributed by atoms with E-state index in [1.54, 1.807) is 36.4 Å². The van der Waals surface area contributed by atoms with Gasteiger partial charge >= 0.3 is 0 Å². The summed E-state index contributed by atoms with van der Waals surface area (Å²) in [6.45, 7) is 1.46. The summed E-state index contributed by atoms with van der Waals surface area (Å²) in [5.41, 5.74) is 0.953. The van der Waals surface area contributed by atoms with E-state index in [1.807, 2.05) is 0 Å². The number of ketones is 1. The molecule has 0 bridgehead atoms. The van der Waals surface area contributed by atoms with Gasteiger partial charge in [0.1, 0.15) is 0 Å². The van der Waals surface area contributed by atoms with E-state index in [0.717, 1.165) is 4.47 Å². The molecule has 0 aliphatic heterocycles. The molecule has 0 atom stereocenters. The van der Waals surface area contributed by atoms with Gasteiger partial charge in [0.15, 0.2) is 5.78 Å². The summed E-state index contributed by atoms with van der Waals surface area (Å²) in [6, 6.07) is 12.6. The van der Waals surface area contributed by atoms with E-state index in [1.165, 1.54) is 19.1 Å². The van der Waals surface area contributed by atoms with Crippen molar-refractivity contribution in [2.45, 2.75) is 11.8 Å². The number of anilines is 1. The minimum Gasteiger partial charge on any atom is -0.295 e. The van der Waals surface area contributed by atoms with Crippen molar-refractivity contribution in [2.24, 2.45) is 0 Å². The summed E-state index contributed by atoms with van der Waals surface area (Å²) in [5.74, 6) is -0.0627. The molecular weight excluding hydrogens is 342 g/mol. The van der Waals surface area contributed by atoms with Crippen LogP contribution in [0.1, 0.15) is 17.3 Å². The van der Waals surface area contributed by atoms with Gasteiger partial charge in [-0.1, -0.05) is 15.9 Å². The van der Waals surface area contributed by atoms with Crippen molar-refractivity contribution in [3.63, 3.8) is 0 Å². The monoisotopic (exact) mass is 353 g/mol. The van der Waals surface area contributed by atoms with Crippen molar-refractivity contribution < 1.29 is 13.2 Å². The fourth-order valence-electron chi connectivity index (χ4n) is 1.60. The molecule has 2 aromatic rings. The molecule has 2 rings (SSSR count). The normalized spacial score (nSPS) is 11.1. The lowest BCUT2D eigenvalue weighted by atomic mass is 10.1. The maximum Gasteiger partial charge on any atom is 0.261 e. The Morgan fingerprint density at radius 1 is 1.00 bits per heavy atom. The average Bonchev–Trinajstić information content (AvgIpc) is 2.39. The second kappa shape index (κ2) is 5.76. The van der Waals surface area contributed by atoms with Crippen molar-refractivity contribution in [3.8, 4) is 0 Å². The van der Waals surface area contributed by atoms with Crippen LogP contribution in [-0.4, -0.2) is 14.2 Å². The molecule has 0 saturated heterocycles. The van der Waals surface area contributed by atoms with Crippen LogP contribution in [-0.2, 0) is 10.0 Å². The summed E-state index contributed by atoms with van der Waals surface area (Å²) in [5, 5.41) is 0. The van der Waals surface area contributed by atoms with Gasteiger partial charge in [-0.3, -0.25) is 9.52 Å². The van der Waals surface area contributed by atoms with Gasteiger partial charge in [0.2, 0.25) is 0 Å². The highest BCUT2D eigenvalue weighted by Crippen LogP contribution is 2.19. The molecule has 0 spiro atoms. The highest BCUT2D eigenvalue weighted by molar-refractivity contribution is 9.10. The first-order chi connectivity index (χ1) is 9.38. The van der Waals surface area contributed by atoms with Gasteiger partial charge in [0, 0.05) is 15.7 Å². The van der Waals surface area contributed by atoms with E-state index in [-0.39, 0.29) is 10.7 Å². The number of hydrogen-bond donors (Lipinski definition) is 1. The molecule has 20 heavy (non-hydrogen) atoms. The fraction of sp³-hybridized carbons (Fsp3) is 0.0714. The molecule has 2 aromatic carbocycles. The van der Waals surface area contributed by atoms with E-state index in [9.17, 15) is 13.2 Å². The molecule has 0 saturated carbocycles. The average molecular weight is 354 g/mol. The minimum absolute atomic E-state index is 0.0627. The maximum absolute atomic E-state index is 12.1. The van der Waals surface area contributed by atoms with Crippen LogP contribution < -0.4 is 4.72 Å². The van der Waals surface area contributed by atoms with Crippen LogP contribution >= 0.6 is 15.9 Å². The second-order valence-electron chi connectivity index (χ2n) is 4.19. The second-order valence-corrected chi connectivity index (χ2v) is 6.79. The Kier molecular flexibility index (Phi) is 4.25. The molecule has 0 fully saturated rings. The Balaban J connectivity index is 2.24. The predicted molar refractivity (Wildman–Crippen MR) is 81.4 cm³/mol. The van der Waals surface area contributed by atoms with Gasteiger partial charge in [-0.25, -0.2) is 8.42 Å². The van der Waals surface area contributed by atoms with Crippen LogP contribution in [0.4, 0.5) is 5.69 Å². The van der Waals surface area contributed by atoms with E-state index in [4.69, 9.17) is 0 Å². The third-order valence-corrected chi connectivity index (χ3v) is 4.59. The van der Waals surface area contributed by atoms with E-state index in [0.29, 0.717) is 11.3 Å². The number of hydrogen-bond acceptors (Lipinski definition) is 3. The van der Waals surface area contributed by atoms with Crippen molar-refractivity contribution in [2.75, 3.05) is 4.72 Å². The van der Waals surface area contributed by atoms with Crippen molar-refractivity contribution in [1.82, 2.24) is 0 Å². The lowest BCUT2D eigenvalue weighted by molar-refractivity contribution is 0.101. The van der Waals surface area contributed by atoms with Crippen LogP contribution in [0.15, 0.2) is 57.9 Å². The van der Waals surface area contributed by atoms with Crippen molar-refractivity contribution in [1.29, 1.82) is 0 Å². The highest BCUT2D eigenvalue weighted by atomic mass is 79.9. The molecule has 0 aromatic heterocycles. The molecule has 0 unspecified atom stereocenters. The molecule has 4 nitrogen and oxygen atoms in total. The Bertz CT molecular complexity index is 722. The lowest BCUT2D eigenvalue weighted by Crippen LogP contribution is -2.12. The molecule has 1 N–H and O–H groups in total. The number of nitrogens with one attached hydrogen (secondary N) is 1. The summed E-state index contributed by atoms with van der Waals surface area (Å²) in [6.07, 6.45) is 0. The van der Waals surface area contributed by atoms with Crippen LogP contribution in [0.25, 0.3) is 0 Å². The van der Waals surface area contributed by atoms with E-state index in [2.05, 4.69) is 20.7 Å². The Morgan fingerprint density at radius 3 is 2.05 bits per heavy atom. The molecular formula is C14H12BrNO3S. The standard InChI is InChI=1S/C14H12BrNO3S/c1-10(17)11-2-6-13(7-3-11)16-20(18,19)14-8-4-12(15)5-9-14/h2-9,16H,1H3. The molecule has 0 heterocycles. The number of rotatable bonds is 4. The van der Waals surface area contributed by atoms with Crippen LogP contribution in [0, 0.1) is 0 Å². The highest BCUT2D eigenvalue weighted by Gasteiger charge is 2.13. The SMILES string of the molecule is CC(=O)c1ccc(NS(=O)(=O)c2ccc(Br)cc2)cc1. The molecule has 0 aliphatic carbocycles. The van der Waals surface area contributed by atoms with Crippen molar-refractivity contribution >= 4 is 37.4 Å². The number of sulfonamides is 1. The predicted octanol–water partition coefficient (Wildman–Crippen LogP) is 3.45. The third-order valence-electron chi connectivity index (χ3n) is 2.67. The molecule has 0 aliphatic rings. The van der Waals surface area contributed by atoms with Gasteiger partial charge in [-0.2, -0.15) is 0 Å². The zero-order chi connectivity index (χ0) is 14.8. The molecule has 0 amide bonds. The molecule has 6 heteroatoms. The smallest absolute Gasteiger partial charge is 0.261 e. The van der Waals surface area contributed by atoms with Crippen LogP contribution in [0.5, 0.6) is 0 Å². The third kappa shape index (κ3) is 3.46. The lowest BCUT2D eigenvalue weighted by Gasteiger charge is -2.08. The van der Waals surface area contributed by atoms with Crippen LogP contribution in [0.3, 0.4) is 0 Å².